The lowest BCUT2D eigenvalue weighted by Gasteiger charge is -2.21. The summed E-state index contributed by atoms with van der Waals surface area (Å²) in [6.07, 6.45) is 7.59. The van der Waals surface area contributed by atoms with Crippen molar-refractivity contribution in [2.45, 2.75) is 64.8 Å². The van der Waals surface area contributed by atoms with Gasteiger partial charge in [0.1, 0.15) is 5.69 Å². The first-order valence-electron chi connectivity index (χ1n) is 10.0. The fraction of sp³-hybridized carbons (Fsp3) is 0.650. The average Bonchev–Trinajstić information content (AvgIpc) is 3.08. The van der Waals surface area contributed by atoms with Crippen LogP contribution in [0.5, 0.6) is 0 Å². The van der Waals surface area contributed by atoms with E-state index < -0.39 is 0 Å². The molecular formula is C20H32N4O3. The van der Waals surface area contributed by atoms with Crippen molar-refractivity contribution in [2.24, 2.45) is 5.73 Å². The Kier molecular flexibility index (Phi) is 8.03. The average molecular weight is 377 g/mol. The van der Waals surface area contributed by atoms with E-state index in [1.807, 2.05) is 6.92 Å². The minimum absolute atomic E-state index is 0.0303. The third-order valence-corrected chi connectivity index (χ3v) is 5.02. The lowest BCUT2D eigenvalue weighted by molar-refractivity contribution is -0.117. The largest absolute Gasteiger partial charge is 0.352 e. The van der Waals surface area contributed by atoms with Crippen LogP contribution in [0.3, 0.4) is 0 Å². The molecular weight excluding hydrogens is 344 g/mol. The summed E-state index contributed by atoms with van der Waals surface area (Å²) in [7, 11) is 0. The second-order valence-corrected chi connectivity index (χ2v) is 7.22. The van der Waals surface area contributed by atoms with Crippen LogP contribution in [-0.4, -0.2) is 36.0 Å². The molecule has 2 heterocycles. The van der Waals surface area contributed by atoms with Crippen LogP contribution < -0.4 is 21.5 Å². The molecule has 7 heteroatoms. The molecule has 3 N–H and O–H groups in total. The second kappa shape index (κ2) is 10.3. The van der Waals surface area contributed by atoms with Crippen LogP contribution in [-0.2, 0) is 4.79 Å². The summed E-state index contributed by atoms with van der Waals surface area (Å²) in [5.74, 6) is -0.302. The van der Waals surface area contributed by atoms with Gasteiger partial charge in [-0.15, -0.1) is 0 Å². The van der Waals surface area contributed by atoms with Crippen molar-refractivity contribution in [2.75, 3.05) is 24.5 Å². The summed E-state index contributed by atoms with van der Waals surface area (Å²) < 4.78 is 1.62. The molecule has 1 unspecified atom stereocenters. The number of pyridine rings is 1. The van der Waals surface area contributed by atoms with Crippen LogP contribution in [0.15, 0.2) is 17.1 Å². The molecule has 0 radical (unpaired) electrons. The number of nitrogens with one attached hydrogen (secondary N) is 1. The van der Waals surface area contributed by atoms with Crippen molar-refractivity contribution in [1.82, 2.24) is 9.88 Å². The van der Waals surface area contributed by atoms with Crippen LogP contribution in [0.1, 0.15) is 75.2 Å². The number of amides is 2. The predicted molar refractivity (Wildman–Crippen MR) is 107 cm³/mol. The number of nitrogens with zero attached hydrogens (tertiary/aromatic N) is 2. The summed E-state index contributed by atoms with van der Waals surface area (Å²) >= 11 is 0. The number of aromatic nitrogens is 1. The minimum atomic E-state index is -0.245. The Labute approximate surface area is 160 Å². The van der Waals surface area contributed by atoms with E-state index >= 15 is 0 Å². The summed E-state index contributed by atoms with van der Waals surface area (Å²) in [5.41, 5.74) is 5.99. The van der Waals surface area contributed by atoms with Crippen molar-refractivity contribution in [3.05, 3.63) is 28.2 Å². The van der Waals surface area contributed by atoms with E-state index in [9.17, 15) is 14.4 Å². The lowest BCUT2D eigenvalue weighted by Crippen LogP contribution is -2.36. The van der Waals surface area contributed by atoms with Crippen molar-refractivity contribution in [3.8, 4) is 0 Å². The Morgan fingerprint density at radius 3 is 2.70 bits per heavy atom. The van der Waals surface area contributed by atoms with Gasteiger partial charge in [-0.1, -0.05) is 26.2 Å². The molecule has 0 spiro atoms. The summed E-state index contributed by atoms with van der Waals surface area (Å²) in [6.45, 7) is 5.64. The van der Waals surface area contributed by atoms with Gasteiger partial charge in [-0.05, 0) is 38.8 Å². The molecule has 27 heavy (non-hydrogen) atoms. The molecule has 0 bridgehead atoms. The third kappa shape index (κ3) is 5.42. The van der Waals surface area contributed by atoms with Crippen molar-refractivity contribution < 1.29 is 9.59 Å². The SMILES string of the molecule is CCCCCC(C)n1cc(C(=O)NCCCN)cc(N2CCCC2=O)c1=O. The van der Waals surface area contributed by atoms with E-state index in [-0.39, 0.29) is 23.4 Å². The quantitative estimate of drug-likeness (QED) is 0.612. The number of unbranched alkanes of at least 4 members (excludes halogenated alkanes) is 2. The molecule has 7 nitrogen and oxygen atoms in total. The van der Waals surface area contributed by atoms with Crippen molar-refractivity contribution >= 4 is 17.5 Å². The minimum Gasteiger partial charge on any atom is -0.352 e. The number of anilines is 1. The van der Waals surface area contributed by atoms with Crippen LogP contribution in [0.2, 0.25) is 0 Å². The number of hydrogen-bond donors (Lipinski definition) is 2. The van der Waals surface area contributed by atoms with Gasteiger partial charge >= 0.3 is 0 Å². The number of carbonyl (C=O) groups is 2. The first-order chi connectivity index (χ1) is 13.0. The summed E-state index contributed by atoms with van der Waals surface area (Å²) in [4.78, 5) is 39.3. The Morgan fingerprint density at radius 2 is 2.07 bits per heavy atom. The smallest absolute Gasteiger partial charge is 0.274 e. The highest BCUT2D eigenvalue weighted by Gasteiger charge is 2.26. The van der Waals surface area contributed by atoms with E-state index in [4.69, 9.17) is 5.73 Å². The Morgan fingerprint density at radius 1 is 1.30 bits per heavy atom. The molecule has 1 atom stereocenters. The fourth-order valence-corrected chi connectivity index (χ4v) is 3.37. The highest BCUT2D eigenvalue weighted by molar-refractivity contribution is 5.98. The third-order valence-electron chi connectivity index (χ3n) is 5.02. The molecule has 2 amide bonds. The van der Waals surface area contributed by atoms with Crippen LogP contribution in [0.4, 0.5) is 5.69 Å². The van der Waals surface area contributed by atoms with Gasteiger partial charge < -0.3 is 20.5 Å². The maximum Gasteiger partial charge on any atom is 0.274 e. The summed E-state index contributed by atoms with van der Waals surface area (Å²) in [6, 6.07) is 1.52. The molecule has 1 aliphatic heterocycles. The van der Waals surface area contributed by atoms with Gasteiger partial charge in [-0.25, -0.2) is 0 Å². The first-order valence-corrected chi connectivity index (χ1v) is 10.0. The van der Waals surface area contributed by atoms with Crippen LogP contribution in [0, 0.1) is 0 Å². The Bertz CT molecular complexity index is 714. The maximum absolute atomic E-state index is 13.0. The molecule has 150 valence electrons. The number of rotatable bonds is 10. The van der Waals surface area contributed by atoms with Gasteiger partial charge in [-0.2, -0.15) is 0 Å². The fourth-order valence-electron chi connectivity index (χ4n) is 3.37. The normalized spacial score (nSPS) is 15.2. The van der Waals surface area contributed by atoms with E-state index in [2.05, 4.69) is 12.2 Å². The second-order valence-electron chi connectivity index (χ2n) is 7.22. The van der Waals surface area contributed by atoms with Gasteiger partial charge in [0.25, 0.3) is 11.5 Å². The lowest BCUT2D eigenvalue weighted by atomic mass is 10.1. The zero-order chi connectivity index (χ0) is 19.8. The predicted octanol–water partition coefficient (Wildman–Crippen LogP) is 2.19. The number of carbonyl (C=O) groups excluding carboxylic acids is 2. The molecule has 1 saturated heterocycles. The zero-order valence-corrected chi connectivity index (χ0v) is 16.5. The van der Waals surface area contributed by atoms with Crippen LogP contribution >= 0.6 is 0 Å². The molecule has 0 aromatic carbocycles. The molecule has 0 saturated carbocycles. The number of hydrogen-bond acceptors (Lipinski definition) is 4. The molecule has 1 aromatic heterocycles. The molecule has 1 aliphatic rings. The molecule has 1 fully saturated rings. The number of nitrogens with two attached hydrogens (primary N) is 1. The van der Waals surface area contributed by atoms with Gasteiger partial charge in [-0.3, -0.25) is 14.4 Å². The van der Waals surface area contributed by atoms with E-state index in [0.717, 1.165) is 32.1 Å². The maximum atomic E-state index is 13.0. The highest BCUT2D eigenvalue weighted by atomic mass is 16.2. The monoisotopic (exact) mass is 376 g/mol. The van der Waals surface area contributed by atoms with E-state index in [0.29, 0.717) is 43.7 Å². The van der Waals surface area contributed by atoms with Gasteiger partial charge in [0.15, 0.2) is 0 Å². The zero-order valence-electron chi connectivity index (χ0n) is 16.5. The van der Waals surface area contributed by atoms with Crippen molar-refractivity contribution in [1.29, 1.82) is 0 Å². The Hall–Kier alpha value is -2.15. The van der Waals surface area contributed by atoms with Gasteiger partial charge in [0.05, 0.1) is 5.56 Å². The molecule has 0 aliphatic carbocycles. The van der Waals surface area contributed by atoms with E-state index in [1.54, 1.807) is 16.8 Å². The van der Waals surface area contributed by atoms with Gasteiger partial charge in [0, 0.05) is 31.7 Å². The topological polar surface area (TPSA) is 97.4 Å². The first kappa shape index (κ1) is 21.2. The van der Waals surface area contributed by atoms with Crippen molar-refractivity contribution in [3.63, 3.8) is 0 Å². The van der Waals surface area contributed by atoms with Gasteiger partial charge in [0.2, 0.25) is 5.91 Å². The Balaban J connectivity index is 2.35. The van der Waals surface area contributed by atoms with Crippen LogP contribution in [0.25, 0.3) is 0 Å². The standard InChI is InChI=1S/C20H32N4O3/c1-3-4-5-8-15(2)24-14-16(19(26)22-11-7-10-21)13-17(20(24)27)23-12-6-9-18(23)25/h13-15H,3-12,21H2,1-2H3,(H,22,26). The van der Waals surface area contributed by atoms with E-state index in [1.165, 1.54) is 4.90 Å². The molecule has 2 rings (SSSR count). The summed E-state index contributed by atoms with van der Waals surface area (Å²) in [5, 5.41) is 2.83. The highest BCUT2D eigenvalue weighted by Crippen LogP contribution is 2.21. The molecule has 1 aromatic rings.